The zero-order valence-electron chi connectivity index (χ0n) is 21.3. The molecule has 2 atom stereocenters. The van der Waals surface area contributed by atoms with E-state index in [2.05, 4.69) is 22.8 Å². The maximum atomic E-state index is 13.8. The summed E-state index contributed by atoms with van der Waals surface area (Å²) in [5, 5.41) is 1.08. The van der Waals surface area contributed by atoms with Gasteiger partial charge >= 0.3 is 0 Å². The summed E-state index contributed by atoms with van der Waals surface area (Å²) < 4.78 is 32.0. The molecule has 1 N–H and O–H groups in total. The lowest BCUT2D eigenvalue weighted by atomic mass is 9.81. The molecule has 1 saturated carbocycles. The van der Waals surface area contributed by atoms with E-state index in [1.54, 1.807) is 12.1 Å². The lowest BCUT2D eigenvalue weighted by Gasteiger charge is -2.30. The van der Waals surface area contributed by atoms with Crippen LogP contribution in [0.3, 0.4) is 0 Å². The summed E-state index contributed by atoms with van der Waals surface area (Å²) in [4.78, 5) is 28.3. The van der Waals surface area contributed by atoms with Gasteiger partial charge in [-0.25, -0.2) is 0 Å². The molecule has 3 aliphatic rings. The van der Waals surface area contributed by atoms with Gasteiger partial charge in [0.25, 0.3) is 5.91 Å². The van der Waals surface area contributed by atoms with Crippen LogP contribution in [0.15, 0.2) is 42.5 Å². The molecule has 3 aromatic rings. The molecule has 38 heavy (non-hydrogen) atoms. The fourth-order valence-corrected chi connectivity index (χ4v) is 6.89. The molecule has 0 bridgehead atoms. The van der Waals surface area contributed by atoms with Crippen LogP contribution in [0.4, 0.5) is 0 Å². The van der Waals surface area contributed by atoms with E-state index in [9.17, 15) is 18.4 Å². The Balaban J connectivity index is 1.54. The molecule has 2 aliphatic heterocycles. The molecule has 200 valence electrons. The van der Waals surface area contributed by atoms with Crippen LogP contribution in [0, 0.1) is 5.92 Å². The van der Waals surface area contributed by atoms with Crippen molar-refractivity contribution in [3.8, 4) is 11.3 Å². The number of rotatable bonds is 4. The minimum absolute atomic E-state index is 0.132. The Labute approximate surface area is 224 Å². The van der Waals surface area contributed by atoms with Crippen LogP contribution in [-0.2, 0) is 33.8 Å². The average molecular weight is 535 g/mol. The van der Waals surface area contributed by atoms with Crippen LogP contribution >= 0.6 is 0 Å². The van der Waals surface area contributed by atoms with Crippen LogP contribution < -0.4 is 4.72 Å². The molecule has 8 nitrogen and oxygen atoms in total. The SMILES string of the molecule is O=C(NS(=O)[O-])c1ccc2c(C3CCCCC3)c3n(c2c1)CC(C(=O)N1CCOCC1)Cc1ccccc1-3. The molecule has 0 spiro atoms. The molecular weight excluding hydrogens is 502 g/mol. The molecular formula is C29H32N3O5S-. The number of morpholine rings is 1. The van der Waals surface area contributed by atoms with Crippen molar-refractivity contribution in [2.45, 2.75) is 51.0 Å². The Morgan fingerprint density at radius 1 is 1.03 bits per heavy atom. The summed E-state index contributed by atoms with van der Waals surface area (Å²) in [5.74, 6) is -0.384. The zero-order chi connectivity index (χ0) is 26.2. The van der Waals surface area contributed by atoms with Crippen molar-refractivity contribution in [3.05, 3.63) is 59.2 Å². The van der Waals surface area contributed by atoms with Gasteiger partial charge in [-0.1, -0.05) is 49.6 Å². The molecule has 1 aliphatic carbocycles. The van der Waals surface area contributed by atoms with Gasteiger partial charge in [0.15, 0.2) is 0 Å². The number of amides is 2. The molecule has 2 fully saturated rings. The smallest absolute Gasteiger partial charge is 0.262 e. The zero-order valence-corrected chi connectivity index (χ0v) is 22.1. The van der Waals surface area contributed by atoms with Gasteiger partial charge < -0.3 is 18.8 Å². The Morgan fingerprint density at radius 3 is 2.55 bits per heavy atom. The minimum Gasteiger partial charge on any atom is -0.755 e. The second kappa shape index (κ2) is 10.6. The first-order valence-electron chi connectivity index (χ1n) is 13.5. The highest BCUT2D eigenvalue weighted by atomic mass is 32.2. The first-order chi connectivity index (χ1) is 18.5. The standard InChI is InChI=1S/C29H33N3O5S/c33-28(30-38(35)36)21-10-11-24-25(17-21)32-18-22(29(34)31-12-14-37-15-13-31)16-20-8-4-5-9-23(20)27(32)26(24)19-6-2-1-3-7-19/h4-5,8-11,17,19,22H,1-3,6-7,12-16,18H2,(H,30,33)(H,35,36)/p-1. The number of ether oxygens (including phenoxy) is 1. The van der Waals surface area contributed by atoms with Gasteiger partial charge in [0.2, 0.25) is 5.91 Å². The number of nitrogens with zero attached hydrogens (tertiary/aromatic N) is 2. The molecule has 1 aromatic heterocycles. The van der Waals surface area contributed by atoms with E-state index in [-0.39, 0.29) is 17.4 Å². The van der Waals surface area contributed by atoms with Crippen molar-refractivity contribution in [3.63, 3.8) is 0 Å². The first kappa shape index (κ1) is 25.3. The lowest BCUT2D eigenvalue weighted by molar-refractivity contribution is -0.140. The summed E-state index contributed by atoms with van der Waals surface area (Å²) in [7, 11) is 0. The van der Waals surface area contributed by atoms with Gasteiger partial charge in [-0.15, -0.1) is 0 Å². The van der Waals surface area contributed by atoms with Crippen LogP contribution in [0.5, 0.6) is 0 Å². The van der Waals surface area contributed by atoms with Gasteiger partial charge in [-0.2, -0.15) is 0 Å². The normalized spacial score (nSPS) is 20.9. The van der Waals surface area contributed by atoms with Crippen LogP contribution in [-0.4, -0.2) is 56.3 Å². The lowest BCUT2D eigenvalue weighted by Crippen LogP contribution is -2.45. The summed E-state index contributed by atoms with van der Waals surface area (Å²) in [6.07, 6.45) is 6.49. The highest BCUT2D eigenvalue weighted by Gasteiger charge is 2.34. The van der Waals surface area contributed by atoms with Crippen molar-refractivity contribution in [1.82, 2.24) is 14.2 Å². The summed E-state index contributed by atoms with van der Waals surface area (Å²) in [5.41, 5.74) is 5.91. The molecule has 0 radical (unpaired) electrons. The van der Waals surface area contributed by atoms with Crippen LogP contribution in [0.1, 0.15) is 59.5 Å². The third kappa shape index (κ3) is 4.67. The molecule has 2 unspecified atom stereocenters. The van der Waals surface area contributed by atoms with Crippen molar-refractivity contribution in [1.29, 1.82) is 0 Å². The second-order valence-electron chi connectivity index (χ2n) is 10.6. The maximum absolute atomic E-state index is 13.8. The molecule has 6 rings (SSSR count). The highest BCUT2D eigenvalue weighted by Crippen LogP contribution is 2.46. The first-order valence-corrected chi connectivity index (χ1v) is 14.6. The van der Waals surface area contributed by atoms with Crippen molar-refractivity contribution >= 4 is 34.0 Å². The fraction of sp³-hybridized carbons (Fsp3) is 0.448. The van der Waals surface area contributed by atoms with E-state index in [0.717, 1.165) is 40.6 Å². The van der Waals surface area contributed by atoms with Crippen LogP contribution in [0.2, 0.25) is 0 Å². The molecule has 1 saturated heterocycles. The quantitative estimate of drug-likeness (QED) is 0.511. The van der Waals surface area contributed by atoms with E-state index in [1.165, 1.54) is 24.8 Å². The van der Waals surface area contributed by atoms with Gasteiger partial charge in [0, 0.05) is 52.9 Å². The van der Waals surface area contributed by atoms with Crippen molar-refractivity contribution in [2.24, 2.45) is 5.92 Å². The summed E-state index contributed by atoms with van der Waals surface area (Å²) >= 11 is -2.69. The third-order valence-corrected chi connectivity index (χ3v) is 8.72. The van der Waals surface area contributed by atoms with Gasteiger partial charge in [0.05, 0.1) is 24.8 Å². The molecule has 9 heteroatoms. The Bertz CT molecular complexity index is 1400. The van der Waals surface area contributed by atoms with Crippen LogP contribution in [0.25, 0.3) is 22.2 Å². The van der Waals surface area contributed by atoms with Gasteiger partial charge in [-0.3, -0.25) is 18.5 Å². The summed E-state index contributed by atoms with van der Waals surface area (Å²) in [6.45, 7) is 2.80. The average Bonchev–Trinajstić information content (AvgIpc) is 3.15. The number of hydrogen-bond acceptors (Lipinski definition) is 5. The number of fused-ring (bicyclic) bond motifs is 5. The fourth-order valence-electron chi connectivity index (χ4n) is 6.62. The topological polar surface area (TPSA) is 104 Å². The molecule has 3 heterocycles. The minimum atomic E-state index is -2.69. The summed E-state index contributed by atoms with van der Waals surface area (Å²) in [6, 6.07) is 13.8. The highest BCUT2D eigenvalue weighted by molar-refractivity contribution is 7.77. The predicted octanol–water partition coefficient (Wildman–Crippen LogP) is 3.91. The Kier molecular flexibility index (Phi) is 7.07. The number of aromatic nitrogens is 1. The van der Waals surface area contributed by atoms with Crippen molar-refractivity contribution < 1.29 is 23.1 Å². The largest absolute Gasteiger partial charge is 0.755 e. The number of carbonyl (C=O) groups excluding carboxylic acids is 2. The van der Waals surface area contributed by atoms with E-state index < -0.39 is 17.2 Å². The maximum Gasteiger partial charge on any atom is 0.262 e. The number of hydrogen-bond donors (Lipinski definition) is 1. The number of carbonyl (C=O) groups is 2. The molecule has 2 aromatic carbocycles. The molecule has 2 amide bonds. The monoisotopic (exact) mass is 534 g/mol. The van der Waals surface area contributed by atoms with Crippen molar-refractivity contribution in [2.75, 3.05) is 26.3 Å². The second-order valence-corrected chi connectivity index (χ2v) is 11.3. The Morgan fingerprint density at radius 2 is 1.79 bits per heavy atom. The van der Waals surface area contributed by atoms with E-state index in [0.29, 0.717) is 45.2 Å². The van der Waals surface area contributed by atoms with Gasteiger partial charge in [0.1, 0.15) is 0 Å². The van der Waals surface area contributed by atoms with E-state index in [4.69, 9.17) is 4.74 Å². The predicted molar refractivity (Wildman–Crippen MR) is 144 cm³/mol. The Hall–Kier alpha value is -3.01. The number of nitrogens with one attached hydrogen (secondary N) is 1. The van der Waals surface area contributed by atoms with E-state index >= 15 is 0 Å². The third-order valence-electron chi connectivity index (χ3n) is 8.37. The van der Waals surface area contributed by atoms with Gasteiger partial charge in [-0.05, 0) is 48.4 Å². The number of benzene rings is 2. The van der Waals surface area contributed by atoms with E-state index in [1.807, 2.05) is 21.8 Å².